The summed E-state index contributed by atoms with van der Waals surface area (Å²) in [4.78, 5) is 12.4. The zero-order valence-corrected chi connectivity index (χ0v) is 16.6. The van der Waals surface area contributed by atoms with Crippen LogP contribution >= 0.6 is 11.8 Å². The molecule has 1 atom stereocenters. The van der Waals surface area contributed by atoms with Crippen LogP contribution in [0.25, 0.3) is 17.1 Å². The van der Waals surface area contributed by atoms with Gasteiger partial charge in [-0.3, -0.25) is 9.36 Å². The predicted octanol–water partition coefficient (Wildman–Crippen LogP) is 4.19. The Morgan fingerprint density at radius 1 is 1.00 bits per heavy atom. The van der Waals surface area contributed by atoms with Crippen LogP contribution in [0, 0.1) is 5.92 Å². The number of para-hydroxylation sites is 1. The summed E-state index contributed by atoms with van der Waals surface area (Å²) in [6, 6.07) is 19.9. The van der Waals surface area contributed by atoms with Crippen molar-refractivity contribution >= 4 is 17.7 Å². The van der Waals surface area contributed by atoms with Crippen molar-refractivity contribution in [3.8, 4) is 17.1 Å². The first-order chi connectivity index (χ1) is 13.1. The van der Waals surface area contributed by atoms with E-state index in [2.05, 4.69) is 29.4 Å². The quantitative estimate of drug-likeness (QED) is 0.625. The molecule has 0 saturated heterocycles. The molecule has 1 aromatic heterocycles. The lowest BCUT2D eigenvalue weighted by Crippen LogP contribution is -2.33. The van der Waals surface area contributed by atoms with E-state index in [1.807, 2.05) is 72.2 Å². The Labute approximate surface area is 164 Å². The van der Waals surface area contributed by atoms with Gasteiger partial charge in [0.15, 0.2) is 11.0 Å². The van der Waals surface area contributed by atoms with Crippen molar-refractivity contribution in [3.63, 3.8) is 0 Å². The lowest BCUT2D eigenvalue weighted by molar-refractivity contribution is -0.120. The standard InChI is InChI=1S/C21H24N4OS/c1-15(2)14-22-20(26)16(3)27-21-24-23-19(17-10-6-4-7-11-17)25(21)18-12-8-5-9-13-18/h4-13,15-16H,14H2,1-3H3,(H,22,26). The summed E-state index contributed by atoms with van der Waals surface area (Å²) in [5, 5.41) is 12.2. The van der Waals surface area contributed by atoms with E-state index in [-0.39, 0.29) is 11.2 Å². The SMILES string of the molecule is CC(C)CNC(=O)C(C)Sc1nnc(-c2ccccc2)n1-c1ccccc1. The van der Waals surface area contributed by atoms with Crippen LogP contribution in [0.5, 0.6) is 0 Å². The van der Waals surface area contributed by atoms with E-state index >= 15 is 0 Å². The molecule has 0 aliphatic rings. The van der Waals surface area contributed by atoms with E-state index in [1.165, 1.54) is 11.8 Å². The normalized spacial score (nSPS) is 12.1. The molecule has 0 fully saturated rings. The van der Waals surface area contributed by atoms with Crippen molar-refractivity contribution in [1.82, 2.24) is 20.1 Å². The minimum atomic E-state index is -0.265. The van der Waals surface area contributed by atoms with Crippen molar-refractivity contribution in [3.05, 3.63) is 60.7 Å². The van der Waals surface area contributed by atoms with Gasteiger partial charge in [0.05, 0.1) is 5.25 Å². The van der Waals surface area contributed by atoms with Gasteiger partial charge in [-0.25, -0.2) is 0 Å². The summed E-state index contributed by atoms with van der Waals surface area (Å²) >= 11 is 1.42. The molecular weight excluding hydrogens is 356 g/mol. The van der Waals surface area contributed by atoms with E-state index in [0.717, 1.165) is 17.1 Å². The molecule has 0 bridgehead atoms. The van der Waals surface area contributed by atoms with Crippen molar-refractivity contribution in [2.75, 3.05) is 6.54 Å². The van der Waals surface area contributed by atoms with Crippen LogP contribution in [-0.2, 0) is 4.79 Å². The lowest BCUT2D eigenvalue weighted by Gasteiger charge is -2.14. The third-order valence-corrected chi connectivity index (χ3v) is 5.06. The molecule has 3 rings (SSSR count). The molecule has 0 aliphatic carbocycles. The molecule has 3 aromatic rings. The predicted molar refractivity (Wildman–Crippen MR) is 110 cm³/mol. The summed E-state index contributed by atoms with van der Waals surface area (Å²) in [5.74, 6) is 1.19. The molecule has 0 spiro atoms. The van der Waals surface area contributed by atoms with E-state index in [9.17, 15) is 4.79 Å². The van der Waals surface area contributed by atoms with E-state index in [4.69, 9.17) is 0 Å². The zero-order chi connectivity index (χ0) is 19.2. The topological polar surface area (TPSA) is 59.8 Å². The number of carbonyl (C=O) groups is 1. The van der Waals surface area contributed by atoms with Gasteiger partial charge in [-0.05, 0) is 25.0 Å². The number of hydrogen-bond acceptors (Lipinski definition) is 4. The minimum Gasteiger partial charge on any atom is -0.355 e. The average molecular weight is 381 g/mol. The maximum Gasteiger partial charge on any atom is 0.233 e. The number of nitrogens with zero attached hydrogens (tertiary/aromatic N) is 3. The summed E-state index contributed by atoms with van der Waals surface area (Å²) in [7, 11) is 0. The fraction of sp³-hybridized carbons (Fsp3) is 0.286. The largest absolute Gasteiger partial charge is 0.355 e. The monoisotopic (exact) mass is 380 g/mol. The Bertz CT molecular complexity index is 878. The highest BCUT2D eigenvalue weighted by molar-refractivity contribution is 8.00. The van der Waals surface area contributed by atoms with Gasteiger partial charge in [0, 0.05) is 17.8 Å². The molecule has 6 heteroatoms. The first-order valence-corrected chi connectivity index (χ1v) is 9.95. The molecule has 1 heterocycles. The van der Waals surface area contributed by atoms with Gasteiger partial charge in [0.1, 0.15) is 0 Å². The van der Waals surface area contributed by atoms with E-state index in [0.29, 0.717) is 17.6 Å². The molecular formula is C21H24N4OS. The van der Waals surface area contributed by atoms with Crippen molar-refractivity contribution < 1.29 is 4.79 Å². The molecule has 1 N–H and O–H groups in total. The van der Waals surface area contributed by atoms with Gasteiger partial charge >= 0.3 is 0 Å². The Morgan fingerprint density at radius 2 is 1.63 bits per heavy atom. The number of nitrogens with one attached hydrogen (secondary N) is 1. The number of amides is 1. The van der Waals surface area contributed by atoms with Crippen LogP contribution in [0.3, 0.4) is 0 Å². The highest BCUT2D eigenvalue weighted by Crippen LogP contribution is 2.30. The second-order valence-electron chi connectivity index (χ2n) is 6.74. The minimum absolute atomic E-state index is 0.0116. The molecule has 27 heavy (non-hydrogen) atoms. The molecule has 1 amide bonds. The van der Waals surface area contributed by atoms with Crippen LogP contribution in [-0.4, -0.2) is 32.5 Å². The van der Waals surface area contributed by atoms with Crippen LogP contribution in [0.15, 0.2) is 65.8 Å². The van der Waals surface area contributed by atoms with Crippen molar-refractivity contribution in [1.29, 1.82) is 0 Å². The zero-order valence-electron chi connectivity index (χ0n) is 15.8. The van der Waals surface area contributed by atoms with Crippen LogP contribution < -0.4 is 5.32 Å². The lowest BCUT2D eigenvalue weighted by atomic mass is 10.2. The van der Waals surface area contributed by atoms with Crippen molar-refractivity contribution in [2.45, 2.75) is 31.2 Å². The summed E-state index contributed by atoms with van der Waals surface area (Å²) < 4.78 is 2.01. The average Bonchev–Trinajstić information content (AvgIpc) is 3.10. The molecule has 5 nitrogen and oxygen atoms in total. The first-order valence-electron chi connectivity index (χ1n) is 9.07. The summed E-state index contributed by atoms with van der Waals surface area (Å²) in [5.41, 5.74) is 1.95. The number of thioether (sulfide) groups is 1. The van der Waals surface area contributed by atoms with Gasteiger partial charge in [0.25, 0.3) is 0 Å². The van der Waals surface area contributed by atoms with Gasteiger partial charge in [0.2, 0.25) is 5.91 Å². The Hall–Kier alpha value is -2.60. The molecule has 0 radical (unpaired) electrons. The van der Waals surface area contributed by atoms with Gasteiger partial charge < -0.3 is 5.32 Å². The van der Waals surface area contributed by atoms with Crippen molar-refractivity contribution in [2.24, 2.45) is 5.92 Å². The van der Waals surface area contributed by atoms with Gasteiger partial charge in [-0.2, -0.15) is 0 Å². The smallest absolute Gasteiger partial charge is 0.233 e. The summed E-state index contributed by atoms with van der Waals surface area (Å²) in [6.45, 7) is 6.73. The maximum absolute atomic E-state index is 12.4. The Kier molecular flexibility index (Phi) is 6.29. The maximum atomic E-state index is 12.4. The second kappa shape index (κ2) is 8.86. The fourth-order valence-corrected chi connectivity index (χ4v) is 3.48. The van der Waals surface area contributed by atoms with Crippen LogP contribution in [0.4, 0.5) is 0 Å². The Morgan fingerprint density at radius 3 is 2.26 bits per heavy atom. The number of hydrogen-bond donors (Lipinski definition) is 1. The van der Waals surface area contributed by atoms with Crippen LogP contribution in [0.2, 0.25) is 0 Å². The number of carbonyl (C=O) groups excluding carboxylic acids is 1. The molecule has 0 aliphatic heterocycles. The fourth-order valence-electron chi connectivity index (χ4n) is 2.59. The third kappa shape index (κ3) is 4.77. The molecule has 1 unspecified atom stereocenters. The molecule has 0 saturated carbocycles. The highest BCUT2D eigenvalue weighted by Gasteiger charge is 2.21. The van der Waals surface area contributed by atoms with Gasteiger partial charge in [-0.1, -0.05) is 74.1 Å². The second-order valence-corrected chi connectivity index (χ2v) is 8.05. The third-order valence-electron chi connectivity index (χ3n) is 4.02. The Balaban J connectivity index is 1.92. The number of aromatic nitrogens is 3. The summed E-state index contributed by atoms with van der Waals surface area (Å²) in [6.07, 6.45) is 0. The molecule has 140 valence electrons. The number of rotatable bonds is 7. The first kappa shape index (κ1) is 19.2. The van der Waals surface area contributed by atoms with Crippen LogP contribution in [0.1, 0.15) is 20.8 Å². The molecule has 2 aromatic carbocycles. The number of benzene rings is 2. The van der Waals surface area contributed by atoms with E-state index < -0.39 is 0 Å². The highest BCUT2D eigenvalue weighted by atomic mass is 32.2. The van der Waals surface area contributed by atoms with Gasteiger partial charge in [-0.15, -0.1) is 10.2 Å². The van der Waals surface area contributed by atoms with E-state index in [1.54, 1.807) is 0 Å².